The van der Waals surface area contributed by atoms with Crippen molar-refractivity contribution in [2.45, 2.75) is 71.6 Å². The molecular formula is C22H37N5O. The van der Waals surface area contributed by atoms with E-state index in [9.17, 15) is 0 Å². The third-order valence-electron chi connectivity index (χ3n) is 6.94. The Morgan fingerprint density at radius 1 is 1.25 bits per heavy atom. The monoisotopic (exact) mass is 387 g/mol. The minimum atomic E-state index is -0.0753. The Kier molecular flexibility index (Phi) is 6.18. The molecule has 2 unspecified atom stereocenters. The summed E-state index contributed by atoms with van der Waals surface area (Å²) in [6.07, 6.45) is 3.17. The van der Waals surface area contributed by atoms with Crippen LogP contribution in [0.1, 0.15) is 52.7 Å². The summed E-state index contributed by atoms with van der Waals surface area (Å²) >= 11 is 0. The summed E-state index contributed by atoms with van der Waals surface area (Å²) in [5.74, 6) is 2.03. The standard InChI is InChI=1S/C22H37N5O/c1-7-23-20(26-18-15-22(5,28-6)21(18,3)4)25-17-11-13-27(14-12-17)19-10-8-9-16(2)24-19/h8-10,17-18H,7,11-15H2,1-6H3,(H2,23,25,26). The molecule has 1 aromatic rings. The van der Waals surface area contributed by atoms with Crippen molar-refractivity contribution in [2.24, 2.45) is 10.4 Å². The first kappa shape index (κ1) is 20.9. The number of anilines is 1. The molecule has 1 saturated heterocycles. The molecule has 1 aliphatic carbocycles. The smallest absolute Gasteiger partial charge is 0.191 e. The van der Waals surface area contributed by atoms with Crippen molar-refractivity contribution in [2.75, 3.05) is 31.6 Å². The van der Waals surface area contributed by atoms with E-state index in [0.717, 1.165) is 56.4 Å². The molecule has 28 heavy (non-hydrogen) atoms. The molecule has 2 N–H and O–H groups in total. The van der Waals surface area contributed by atoms with Gasteiger partial charge >= 0.3 is 0 Å². The molecule has 2 fully saturated rings. The number of guanidine groups is 1. The molecule has 0 spiro atoms. The van der Waals surface area contributed by atoms with E-state index in [1.165, 1.54) is 0 Å². The van der Waals surface area contributed by atoms with Gasteiger partial charge in [0.05, 0.1) is 5.60 Å². The number of nitrogens with one attached hydrogen (secondary N) is 2. The van der Waals surface area contributed by atoms with Crippen LogP contribution in [0, 0.1) is 12.3 Å². The van der Waals surface area contributed by atoms with Crippen molar-refractivity contribution in [1.82, 2.24) is 15.6 Å². The number of methoxy groups -OCH3 is 1. The highest BCUT2D eigenvalue weighted by molar-refractivity contribution is 5.80. The summed E-state index contributed by atoms with van der Waals surface area (Å²) in [7, 11) is 1.81. The van der Waals surface area contributed by atoms with Crippen LogP contribution in [0.15, 0.2) is 23.2 Å². The Labute approximate surface area is 170 Å². The Morgan fingerprint density at radius 2 is 1.96 bits per heavy atom. The molecule has 0 aromatic carbocycles. The zero-order chi connectivity index (χ0) is 20.4. The summed E-state index contributed by atoms with van der Waals surface area (Å²) in [5.41, 5.74) is 1.07. The van der Waals surface area contributed by atoms with Crippen LogP contribution >= 0.6 is 0 Å². The zero-order valence-electron chi connectivity index (χ0n) is 18.4. The van der Waals surface area contributed by atoms with Crippen LogP contribution in [0.25, 0.3) is 0 Å². The molecule has 6 nitrogen and oxygen atoms in total. The van der Waals surface area contributed by atoms with E-state index in [-0.39, 0.29) is 11.0 Å². The van der Waals surface area contributed by atoms with Gasteiger partial charge in [-0.2, -0.15) is 0 Å². The SMILES string of the molecule is CCN=C(NC1CCN(c2cccc(C)n2)CC1)NC1CC(C)(OC)C1(C)C. The highest BCUT2D eigenvalue weighted by Gasteiger charge is 2.58. The topological polar surface area (TPSA) is 61.8 Å². The fourth-order valence-electron chi connectivity index (χ4n) is 4.33. The van der Waals surface area contributed by atoms with Gasteiger partial charge in [0.25, 0.3) is 0 Å². The largest absolute Gasteiger partial charge is 0.378 e. The van der Waals surface area contributed by atoms with Crippen LogP contribution in [0.5, 0.6) is 0 Å². The molecule has 2 aliphatic rings. The molecular weight excluding hydrogens is 350 g/mol. The number of nitrogens with zero attached hydrogens (tertiary/aromatic N) is 3. The van der Waals surface area contributed by atoms with Gasteiger partial charge in [-0.25, -0.2) is 4.98 Å². The van der Waals surface area contributed by atoms with Crippen LogP contribution in [0.4, 0.5) is 5.82 Å². The van der Waals surface area contributed by atoms with E-state index in [4.69, 9.17) is 9.73 Å². The maximum atomic E-state index is 5.76. The predicted octanol–water partition coefficient (Wildman–Crippen LogP) is 3.12. The number of ether oxygens (including phenoxy) is 1. The quantitative estimate of drug-likeness (QED) is 0.600. The number of aromatic nitrogens is 1. The normalized spacial score (nSPS) is 28.0. The number of aliphatic imine (C=N–C) groups is 1. The molecule has 2 atom stereocenters. The van der Waals surface area contributed by atoms with Gasteiger partial charge in [0, 0.05) is 49.9 Å². The average molecular weight is 388 g/mol. The number of rotatable bonds is 5. The maximum Gasteiger partial charge on any atom is 0.191 e. The summed E-state index contributed by atoms with van der Waals surface area (Å²) in [5, 5.41) is 7.34. The first-order valence-corrected chi connectivity index (χ1v) is 10.6. The van der Waals surface area contributed by atoms with Crippen LogP contribution in [-0.4, -0.2) is 55.4 Å². The predicted molar refractivity (Wildman–Crippen MR) is 116 cm³/mol. The Morgan fingerprint density at radius 3 is 2.54 bits per heavy atom. The number of aryl methyl sites for hydroxylation is 1. The van der Waals surface area contributed by atoms with E-state index in [1.54, 1.807) is 0 Å². The molecule has 1 saturated carbocycles. The third kappa shape index (κ3) is 4.12. The molecule has 156 valence electrons. The van der Waals surface area contributed by atoms with Gasteiger partial charge in [0.2, 0.25) is 0 Å². The van der Waals surface area contributed by atoms with E-state index in [1.807, 2.05) is 20.1 Å². The van der Waals surface area contributed by atoms with Crippen LogP contribution in [0.2, 0.25) is 0 Å². The van der Waals surface area contributed by atoms with Gasteiger partial charge in [0.1, 0.15) is 5.82 Å². The van der Waals surface area contributed by atoms with Crippen LogP contribution < -0.4 is 15.5 Å². The fraction of sp³-hybridized carbons (Fsp3) is 0.727. The van der Waals surface area contributed by atoms with E-state index >= 15 is 0 Å². The second kappa shape index (κ2) is 8.27. The molecule has 1 aromatic heterocycles. The lowest BCUT2D eigenvalue weighted by molar-refractivity contribution is -0.176. The summed E-state index contributed by atoms with van der Waals surface area (Å²) < 4.78 is 5.76. The van der Waals surface area contributed by atoms with Gasteiger partial charge in [0.15, 0.2) is 5.96 Å². The lowest BCUT2D eigenvalue weighted by atomic mass is 9.56. The average Bonchev–Trinajstić information content (AvgIpc) is 2.68. The lowest BCUT2D eigenvalue weighted by Gasteiger charge is -2.59. The first-order chi connectivity index (χ1) is 13.3. The zero-order valence-corrected chi connectivity index (χ0v) is 18.4. The van der Waals surface area contributed by atoms with Crippen molar-refractivity contribution in [1.29, 1.82) is 0 Å². The van der Waals surface area contributed by atoms with Gasteiger partial charge in [-0.1, -0.05) is 19.9 Å². The third-order valence-corrected chi connectivity index (χ3v) is 6.94. The maximum absolute atomic E-state index is 5.76. The van der Waals surface area contributed by atoms with Crippen LogP contribution in [-0.2, 0) is 4.74 Å². The van der Waals surface area contributed by atoms with Crippen molar-refractivity contribution in [3.05, 3.63) is 23.9 Å². The fourth-order valence-corrected chi connectivity index (χ4v) is 4.33. The number of pyridine rings is 1. The highest BCUT2D eigenvalue weighted by Crippen LogP contribution is 2.51. The molecule has 1 aliphatic heterocycles. The van der Waals surface area contributed by atoms with Crippen molar-refractivity contribution < 1.29 is 4.74 Å². The lowest BCUT2D eigenvalue weighted by Crippen LogP contribution is -2.70. The Bertz CT molecular complexity index is 696. The molecule has 3 rings (SSSR count). The summed E-state index contributed by atoms with van der Waals surface area (Å²) in [4.78, 5) is 11.7. The molecule has 0 radical (unpaired) electrons. The van der Waals surface area contributed by atoms with Gasteiger partial charge in [-0.05, 0) is 52.2 Å². The molecule has 0 amide bonds. The van der Waals surface area contributed by atoms with Crippen molar-refractivity contribution in [3.63, 3.8) is 0 Å². The number of hydrogen-bond donors (Lipinski definition) is 2. The van der Waals surface area contributed by atoms with E-state index in [2.05, 4.69) is 60.3 Å². The number of piperidine rings is 1. The highest BCUT2D eigenvalue weighted by atomic mass is 16.5. The first-order valence-electron chi connectivity index (χ1n) is 10.6. The minimum Gasteiger partial charge on any atom is -0.378 e. The molecule has 2 heterocycles. The molecule has 0 bridgehead atoms. The molecule has 6 heteroatoms. The summed E-state index contributed by atoms with van der Waals surface area (Å²) in [6.45, 7) is 13.7. The van der Waals surface area contributed by atoms with Crippen molar-refractivity contribution >= 4 is 11.8 Å². The summed E-state index contributed by atoms with van der Waals surface area (Å²) in [6, 6.07) is 7.06. The van der Waals surface area contributed by atoms with Gasteiger partial charge < -0.3 is 20.3 Å². The van der Waals surface area contributed by atoms with E-state index in [0.29, 0.717) is 12.1 Å². The van der Waals surface area contributed by atoms with Gasteiger partial charge in [-0.15, -0.1) is 0 Å². The minimum absolute atomic E-state index is 0.0676. The van der Waals surface area contributed by atoms with E-state index < -0.39 is 0 Å². The second-order valence-electron chi connectivity index (χ2n) is 8.92. The van der Waals surface area contributed by atoms with Crippen LogP contribution in [0.3, 0.4) is 0 Å². The Hall–Kier alpha value is -1.82. The number of hydrogen-bond acceptors (Lipinski definition) is 4. The second-order valence-corrected chi connectivity index (χ2v) is 8.92. The van der Waals surface area contributed by atoms with Crippen molar-refractivity contribution in [3.8, 4) is 0 Å². The Balaban J connectivity index is 1.54. The van der Waals surface area contributed by atoms with Gasteiger partial charge in [-0.3, -0.25) is 4.99 Å².